The molecule has 0 aliphatic heterocycles. The van der Waals surface area contributed by atoms with Crippen molar-refractivity contribution in [2.24, 2.45) is 0 Å². The highest BCUT2D eigenvalue weighted by atomic mass is 32.1. The molecule has 7 heteroatoms. The quantitative estimate of drug-likeness (QED) is 0.470. The molecule has 5 nitrogen and oxygen atoms in total. The number of ether oxygens (including phenoxy) is 1. The number of hydrogen-bond acceptors (Lipinski definition) is 4. The lowest BCUT2D eigenvalue weighted by Crippen LogP contribution is -2.34. The van der Waals surface area contributed by atoms with Crippen molar-refractivity contribution in [2.75, 3.05) is 19.0 Å². The van der Waals surface area contributed by atoms with Gasteiger partial charge in [-0.15, -0.1) is 0 Å². The van der Waals surface area contributed by atoms with Crippen LogP contribution in [-0.2, 0) is 28.0 Å². The molecule has 0 atom stereocenters. The maximum atomic E-state index is 14.1. The number of carbonyl (C=O) groups excluding carboxylic acids is 1. The van der Waals surface area contributed by atoms with E-state index in [0.29, 0.717) is 18.2 Å². The number of methoxy groups -OCH3 is 1. The van der Waals surface area contributed by atoms with Crippen molar-refractivity contribution in [2.45, 2.75) is 39.3 Å². The third kappa shape index (κ3) is 7.34. The Kier molecular flexibility index (Phi) is 7.96. The molecule has 0 fully saturated rings. The molecular formula is C22H28FN3O2S. The van der Waals surface area contributed by atoms with Gasteiger partial charge in [-0.05, 0) is 46.5 Å². The topological polar surface area (TPSA) is 62.4 Å². The summed E-state index contributed by atoms with van der Waals surface area (Å²) in [5.41, 5.74) is 3.54. The second-order valence-electron chi connectivity index (χ2n) is 7.73. The summed E-state index contributed by atoms with van der Waals surface area (Å²) < 4.78 is 18.6. The van der Waals surface area contributed by atoms with Gasteiger partial charge in [-0.25, -0.2) is 4.39 Å². The van der Waals surface area contributed by atoms with Crippen LogP contribution in [0.3, 0.4) is 0 Å². The first kappa shape index (κ1) is 22.6. The minimum absolute atomic E-state index is 0.0875. The van der Waals surface area contributed by atoms with Crippen molar-refractivity contribution in [1.29, 1.82) is 0 Å². The number of anilines is 1. The van der Waals surface area contributed by atoms with Crippen LogP contribution in [0.25, 0.3) is 0 Å². The highest BCUT2D eigenvalue weighted by Gasteiger charge is 2.12. The highest BCUT2D eigenvalue weighted by Crippen LogP contribution is 2.22. The molecule has 3 N–H and O–H groups in total. The smallest absolute Gasteiger partial charge is 0.325 e. The summed E-state index contributed by atoms with van der Waals surface area (Å²) in [5, 5.41) is 9.42. The van der Waals surface area contributed by atoms with Crippen LogP contribution in [0.4, 0.5) is 10.1 Å². The summed E-state index contributed by atoms with van der Waals surface area (Å²) in [6.45, 7) is 7.47. The normalized spacial score (nSPS) is 10.9. The predicted molar refractivity (Wildman–Crippen MR) is 118 cm³/mol. The van der Waals surface area contributed by atoms with Gasteiger partial charge in [0.25, 0.3) is 0 Å². The minimum Gasteiger partial charge on any atom is -0.468 e. The Morgan fingerprint density at radius 2 is 1.62 bits per heavy atom. The van der Waals surface area contributed by atoms with Crippen LogP contribution in [0.5, 0.6) is 0 Å². The van der Waals surface area contributed by atoms with Crippen molar-refractivity contribution >= 4 is 29.0 Å². The van der Waals surface area contributed by atoms with Crippen LogP contribution in [0, 0.1) is 5.82 Å². The molecule has 0 saturated heterocycles. The standard InChI is InChI=1S/C22H28FN3O2S/c1-22(2,3)17-8-5-15(6-9-17)12-25-21(29)26-13-16-7-10-19(18(23)11-16)24-14-20(27)28-4/h5-11,24H,12-14H2,1-4H3,(H2,25,26,29). The van der Waals surface area contributed by atoms with E-state index in [1.165, 1.54) is 18.7 Å². The number of rotatable bonds is 7. The summed E-state index contributed by atoms with van der Waals surface area (Å²) in [6, 6.07) is 13.2. The van der Waals surface area contributed by atoms with Crippen molar-refractivity contribution in [1.82, 2.24) is 10.6 Å². The number of halogens is 1. The molecule has 0 radical (unpaired) electrons. The second-order valence-corrected chi connectivity index (χ2v) is 8.14. The Labute approximate surface area is 177 Å². The molecule has 156 valence electrons. The Morgan fingerprint density at radius 1 is 1.03 bits per heavy atom. The number of thiocarbonyl (C=S) groups is 1. The van der Waals surface area contributed by atoms with Gasteiger partial charge in [0.2, 0.25) is 0 Å². The molecule has 0 aromatic heterocycles. The Bertz CT molecular complexity index is 848. The fraction of sp³-hybridized carbons (Fsp3) is 0.364. The van der Waals surface area contributed by atoms with Crippen LogP contribution in [0.2, 0.25) is 0 Å². The molecule has 0 heterocycles. The zero-order valence-electron chi connectivity index (χ0n) is 17.3. The first-order valence-corrected chi connectivity index (χ1v) is 9.80. The first-order chi connectivity index (χ1) is 13.7. The fourth-order valence-corrected chi connectivity index (χ4v) is 2.75. The van der Waals surface area contributed by atoms with Gasteiger partial charge < -0.3 is 20.7 Å². The van der Waals surface area contributed by atoms with E-state index in [-0.39, 0.29) is 17.6 Å². The van der Waals surface area contributed by atoms with Gasteiger partial charge in [0.05, 0.1) is 12.8 Å². The molecule has 0 aliphatic rings. The van der Waals surface area contributed by atoms with Gasteiger partial charge in [-0.1, -0.05) is 51.1 Å². The summed E-state index contributed by atoms with van der Waals surface area (Å²) in [4.78, 5) is 11.1. The van der Waals surface area contributed by atoms with E-state index < -0.39 is 11.8 Å². The average molecular weight is 418 g/mol. The molecule has 0 unspecified atom stereocenters. The molecule has 0 spiro atoms. The van der Waals surface area contributed by atoms with Crippen LogP contribution >= 0.6 is 12.2 Å². The minimum atomic E-state index is -0.459. The van der Waals surface area contributed by atoms with E-state index in [2.05, 4.69) is 65.7 Å². The molecular weight excluding hydrogens is 389 g/mol. The van der Waals surface area contributed by atoms with Gasteiger partial charge in [-0.3, -0.25) is 4.79 Å². The summed E-state index contributed by atoms with van der Waals surface area (Å²) in [7, 11) is 1.28. The Hall–Kier alpha value is -2.67. The van der Waals surface area contributed by atoms with E-state index in [0.717, 1.165) is 11.1 Å². The summed E-state index contributed by atoms with van der Waals surface area (Å²) in [5.74, 6) is -0.898. The van der Waals surface area contributed by atoms with E-state index in [1.54, 1.807) is 12.1 Å². The lowest BCUT2D eigenvalue weighted by Gasteiger charge is -2.19. The molecule has 2 aromatic carbocycles. The fourth-order valence-electron chi connectivity index (χ4n) is 2.60. The van der Waals surface area contributed by atoms with Gasteiger partial charge in [0.1, 0.15) is 12.4 Å². The Morgan fingerprint density at radius 3 is 2.17 bits per heavy atom. The number of hydrogen-bond donors (Lipinski definition) is 3. The van der Waals surface area contributed by atoms with Crippen LogP contribution in [0.15, 0.2) is 42.5 Å². The highest BCUT2D eigenvalue weighted by molar-refractivity contribution is 7.80. The SMILES string of the molecule is COC(=O)CNc1ccc(CNC(=S)NCc2ccc(C(C)(C)C)cc2)cc1F. The van der Waals surface area contributed by atoms with E-state index in [4.69, 9.17) is 12.2 Å². The van der Waals surface area contributed by atoms with E-state index >= 15 is 0 Å². The van der Waals surface area contributed by atoms with Crippen LogP contribution in [-0.4, -0.2) is 24.7 Å². The second kappa shape index (κ2) is 10.2. The predicted octanol–water partition coefficient (Wildman–Crippen LogP) is 3.87. The molecule has 0 bridgehead atoms. The lowest BCUT2D eigenvalue weighted by atomic mass is 9.87. The first-order valence-electron chi connectivity index (χ1n) is 9.39. The van der Waals surface area contributed by atoms with E-state index in [1.807, 2.05) is 0 Å². The van der Waals surface area contributed by atoms with Crippen molar-refractivity contribution in [3.63, 3.8) is 0 Å². The summed E-state index contributed by atoms with van der Waals surface area (Å²) >= 11 is 5.30. The summed E-state index contributed by atoms with van der Waals surface area (Å²) in [6.07, 6.45) is 0. The van der Waals surface area contributed by atoms with Crippen LogP contribution < -0.4 is 16.0 Å². The number of carbonyl (C=O) groups is 1. The van der Waals surface area contributed by atoms with Gasteiger partial charge >= 0.3 is 5.97 Å². The van der Waals surface area contributed by atoms with Gasteiger partial charge in [-0.2, -0.15) is 0 Å². The van der Waals surface area contributed by atoms with Gasteiger partial charge in [0, 0.05) is 13.1 Å². The molecule has 0 amide bonds. The third-order valence-electron chi connectivity index (χ3n) is 4.41. The number of esters is 1. The molecule has 2 rings (SSSR count). The van der Waals surface area contributed by atoms with Gasteiger partial charge in [0.15, 0.2) is 5.11 Å². The maximum absolute atomic E-state index is 14.1. The third-order valence-corrected chi connectivity index (χ3v) is 4.70. The maximum Gasteiger partial charge on any atom is 0.325 e. The Balaban J connectivity index is 1.80. The van der Waals surface area contributed by atoms with Crippen LogP contribution in [0.1, 0.15) is 37.5 Å². The lowest BCUT2D eigenvalue weighted by molar-refractivity contribution is -0.138. The zero-order valence-corrected chi connectivity index (χ0v) is 18.1. The average Bonchev–Trinajstić information content (AvgIpc) is 2.69. The van der Waals surface area contributed by atoms with Crippen molar-refractivity contribution in [3.05, 3.63) is 65.0 Å². The number of nitrogens with one attached hydrogen (secondary N) is 3. The molecule has 0 aliphatic carbocycles. The van der Waals surface area contributed by atoms with E-state index in [9.17, 15) is 9.18 Å². The monoisotopic (exact) mass is 417 g/mol. The molecule has 29 heavy (non-hydrogen) atoms. The molecule has 0 saturated carbocycles. The molecule has 2 aromatic rings. The van der Waals surface area contributed by atoms with Crippen molar-refractivity contribution < 1.29 is 13.9 Å². The number of benzene rings is 2. The zero-order chi connectivity index (χ0) is 21.4. The largest absolute Gasteiger partial charge is 0.468 e. The van der Waals surface area contributed by atoms with Crippen molar-refractivity contribution in [3.8, 4) is 0 Å².